The van der Waals surface area contributed by atoms with Gasteiger partial charge in [-0.1, -0.05) is 51.8 Å². The molecule has 0 bridgehead atoms. The molecule has 8 heteroatoms. The van der Waals surface area contributed by atoms with Crippen molar-refractivity contribution in [3.63, 3.8) is 0 Å². The third-order valence-corrected chi connectivity index (χ3v) is 3.42. The van der Waals surface area contributed by atoms with Crippen molar-refractivity contribution in [2.45, 2.75) is 11.8 Å². The zero-order valence-corrected chi connectivity index (χ0v) is 14.3. The van der Waals surface area contributed by atoms with Gasteiger partial charge in [0.2, 0.25) is 0 Å². The zero-order valence-electron chi connectivity index (χ0n) is 11.9. The Bertz CT molecular complexity index is 670. The van der Waals surface area contributed by atoms with Crippen molar-refractivity contribution in [2.75, 3.05) is 0 Å². The molecule has 0 aliphatic carbocycles. The molecule has 0 amide bonds. The van der Waals surface area contributed by atoms with Gasteiger partial charge in [0, 0.05) is 4.47 Å². The van der Waals surface area contributed by atoms with Crippen molar-refractivity contribution < 1.29 is 18.4 Å². The highest BCUT2D eigenvalue weighted by Crippen LogP contribution is 2.13. The van der Waals surface area contributed by atoms with Crippen molar-refractivity contribution >= 4 is 32.0 Å². The molecule has 0 saturated heterocycles. The van der Waals surface area contributed by atoms with Crippen LogP contribution in [0.25, 0.3) is 0 Å². The van der Waals surface area contributed by atoms with Gasteiger partial charge in [0.15, 0.2) is 0 Å². The molecule has 0 spiro atoms. The molecular formula is C14H18BrN3O3S. The molecule has 6 N–H and O–H groups in total. The summed E-state index contributed by atoms with van der Waals surface area (Å²) in [6, 6.07) is 15.8. The lowest BCUT2D eigenvalue weighted by atomic mass is 10.2. The molecule has 0 radical (unpaired) electrons. The molecule has 2 aromatic rings. The lowest BCUT2D eigenvalue weighted by molar-refractivity contribution is -0.116. The van der Waals surface area contributed by atoms with Gasteiger partial charge in [-0.15, -0.1) is 0 Å². The molecule has 2 rings (SSSR count). The summed E-state index contributed by atoms with van der Waals surface area (Å²) in [5.74, 6) is -0.0833. The number of hydrogen-bond acceptors (Lipinski definition) is 3. The van der Waals surface area contributed by atoms with Gasteiger partial charge in [0.1, 0.15) is 10.1 Å². The van der Waals surface area contributed by atoms with Crippen molar-refractivity contribution in [3.8, 4) is 0 Å². The standard InChI is InChI=1S/C7H8.C6H5BrO3S.CH5N3/c1-7-5-3-2-4-6-7;7-5-1-3-6(4-2-5)11(8,9)10;2-1(3)4/h2-6H,1H3;1-4H,(H,8,9,10);(H5,2,3,4). The molecule has 22 heavy (non-hydrogen) atoms. The number of nitrogens with two attached hydrogens (primary N) is 3. The van der Waals surface area contributed by atoms with Crippen LogP contribution in [0.3, 0.4) is 0 Å². The first kappa shape index (κ1) is 20.1. The zero-order chi connectivity index (χ0) is 17.2. The quantitative estimate of drug-likeness (QED) is 0.369. The summed E-state index contributed by atoms with van der Waals surface area (Å²) in [7, 11) is -4.29. The fourth-order valence-electron chi connectivity index (χ4n) is 1.14. The van der Waals surface area contributed by atoms with E-state index in [4.69, 9.17) is 0 Å². The van der Waals surface area contributed by atoms with E-state index in [1.165, 1.54) is 29.8 Å². The second kappa shape index (κ2) is 9.93. The van der Waals surface area contributed by atoms with Gasteiger partial charge in [-0.3, -0.25) is 16.9 Å². The maximum atomic E-state index is 10.4. The number of aryl methyl sites for hydroxylation is 1. The van der Waals surface area contributed by atoms with Gasteiger partial charge < -0.3 is 4.55 Å². The molecule has 2 aromatic carbocycles. The third kappa shape index (κ3) is 10.8. The first-order chi connectivity index (χ1) is 10.1. The highest BCUT2D eigenvalue weighted by Gasteiger charge is 1.98. The largest absolute Gasteiger partial charge is 0.744 e. The molecule has 0 saturated carbocycles. The molecule has 0 unspecified atom stereocenters. The highest BCUT2D eigenvalue weighted by molar-refractivity contribution is 9.10. The Kier molecular flexibility index (Phi) is 9.07. The summed E-state index contributed by atoms with van der Waals surface area (Å²) in [4.78, 5) is -0.208. The lowest BCUT2D eigenvalue weighted by Gasteiger charge is -2.05. The van der Waals surface area contributed by atoms with Crippen LogP contribution >= 0.6 is 15.9 Å². The van der Waals surface area contributed by atoms with Crippen LogP contribution in [0.5, 0.6) is 0 Å². The number of guanidine groups is 1. The van der Waals surface area contributed by atoms with Gasteiger partial charge >= 0.3 is 5.96 Å². The molecule has 0 aromatic heterocycles. The van der Waals surface area contributed by atoms with E-state index in [9.17, 15) is 13.0 Å². The van der Waals surface area contributed by atoms with Crippen LogP contribution in [0, 0.1) is 6.92 Å². The molecule has 0 fully saturated rings. The van der Waals surface area contributed by atoms with E-state index in [1.54, 1.807) is 0 Å². The predicted octanol–water partition coefficient (Wildman–Crippen LogP) is 0.367. The van der Waals surface area contributed by atoms with Crippen molar-refractivity contribution in [1.29, 1.82) is 0 Å². The molecule has 6 nitrogen and oxygen atoms in total. The Morgan fingerprint density at radius 2 is 1.45 bits per heavy atom. The van der Waals surface area contributed by atoms with Crippen LogP contribution in [0.1, 0.15) is 5.56 Å². The summed E-state index contributed by atoms with van der Waals surface area (Å²) in [6.07, 6.45) is 0. The summed E-state index contributed by atoms with van der Waals surface area (Å²) >= 11 is 3.12. The van der Waals surface area contributed by atoms with E-state index >= 15 is 0 Å². The van der Waals surface area contributed by atoms with E-state index < -0.39 is 10.1 Å². The topological polar surface area (TPSA) is 135 Å². The Labute approximate surface area is 138 Å². The van der Waals surface area contributed by atoms with Crippen molar-refractivity contribution in [2.24, 2.45) is 11.5 Å². The second-order valence-electron chi connectivity index (χ2n) is 4.06. The summed E-state index contributed by atoms with van der Waals surface area (Å²) in [6.45, 7) is 2.08. The van der Waals surface area contributed by atoms with Gasteiger partial charge in [0.05, 0.1) is 4.90 Å². The predicted molar refractivity (Wildman–Crippen MR) is 88.6 cm³/mol. The van der Waals surface area contributed by atoms with Crippen LogP contribution in [-0.2, 0) is 10.1 Å². The number of hydrogen-bond donors (Lipinski definition) is 3. The maximum absolute atomic E-state index is 10.4. The smallest absolute Gasteiger partial charge is 0.336 e. The normalized spacial score (nSPS) is 9.59. The Balaban J connectivity index is 0.000000343. The maximum Gasteiger partial charge on any atom is 0.336 e. The fourth-order valence-corrected chi connectivity index (χ4v) is 1.87. The molecule has 0 heterocycles. The van der Waals surface area contributed by atoms with Crippen molar-refractivity contribution in [3.05, 3.63) is 64.6 Å². The Hall–Kier alpha value is -1.90. The van der Waals surface area contributed by atoms with Crippen LogP contribution in [0.2, 0.25) is 0 Å². The number of benzene rings is 2. The molecule has 0 atom stereocenters. The summed E-state index contributed by atoms with van der Waals surface area (Å²) in [5.41, 5.74) is 10.5. The third-order valence-electron chi connectivity index (χ3n) is 2.04. The van der Waals surface area contributed by atoms with Crippen LogP contribution in [0.4, 0.5) is 0 Å². The number of halogens is 1. The van der Waals surface area contributed by atoms with Gasteiger partial charge in [-0.05, 0) is 31.2 Å². The molecule has 0 aliphatic heterocycles. The molecular weight excluding hydrogens is 370 g/mol. The average molecular weight is 388 g/mol. The minimum atomic E-state index is -4.29. The molecule has 120 valence electrons. The number of rotatable bonds is 1. The fraction of sp³-hybridized carbons (Fsp3) is 0.0714. The summed E-state index contributed by atoms with van der Waals surface area (Å²) < 4.78 is 31.9. The minimum absolute atomic E-state index is 0.0833. The SMILES string of the molecule is Cc1ccccc1.NC(N)=[NH2+].O=S(=O)([O-])c1ccc(Br)cc1. The van der Waals surface area contributed by atoms with Crippen LogP contribution in [0.15, 0.2) is 64.0 Å². The molecule has 0 aliphatic rings. The van der Waals surface area contributed by atoms with Crippen molar-refractivity contribution in [1.82, 2.24) is 0 Å². The highest BCUT2D eigenvalue weighted by atomic mass is 79.9. The minimum Gasteiger partial charge on any atom is -0.744 e. The average Bonchev–Trinajstić information content (AvgIpc) is 2.39. The Morgan fingerprint density at radius 1 is 1.05 bits per heavy atom. The van der Waals surface area contributed by atoms with Crippen LogP contribution in [-0.4, -0.2) is 18.9 Å². The van der Waals surface area contributed by atoms with Gasteiger partial charge in [0.25, 0.3) is 0 Å². The monoisotopic (exact) mass is 387 g/mol. The van der Waals surface area contributed by atoms with E-state index in [0.29, 0.717) is 0 Å². The Morgan fingerprint density at radius 3 is 1.73 bits per heavy atom. The second-order valence-corrected chi connectivity index (χ2v) is 6.36. The first-order valence-corrected chi connectivity index (χ1v) is 8.19. The van der Waals surface area contributed by atoms with Gasteiger partial charge in [-0.2, -0.15) is 0 Å². The van der Waals surface area contributed by atoms with Gasteiger partial charge in [-0.25, -0.2) is 8.42 Å². The first-order valence-electron chi connectivity index (χ1n) is 5.99. The van der Waals surface area contributed by atoms with E-state index in [0.717, 1.165) is 4.47 Å². The van der Waals surface area contributed by atoms with E-state index in [2.05, 4.69) is 51.9 Å². The van der Waals surface area contributed by atoms with E-state index in [-0.39, 0.29) is 10.9 Å². The van der Waals surface area contributed by atoms with Crippen LogP contribution < -0.4 is 16.9 Å². The van der Waals surface area contributed by atoms with E-state index in [1.807, 2.05) is 18.2 Å². The summed E-state index contributed by atoms with van der Waals surface area (Å²) in [5, 5.41) is 4.58. The lowest BCUT2D eigenvalue weighted by Crippen LogP contribution is -2.51.